The van der Waals surface area contributed by atoms with Crippen molar-refractivity contribution >= 4 is 23.4 Å². The van der Waals surface area contributed by atoms with Gasteiger partial charge in [-0.1, -0.05) is 29.5 Å². The summed E-state index contributed by atoms with van der Waals surface area (Å²) in [6, 6.07) is 22.2. The van der Waals surface area contributed by atoms with E-state index in [-0.39, 0.29) is 5.91 Å². The zero-order valence-corrected chi connectivity index (χ0v) is 17.3. The van der Waals surface area contributed by atoms with Crippen LogP contribution in [0.3, 0.4) is 0 Å². The van der Waals surface area contributed by atoms with E-state index in [1.54, 1.807) is 28.9 Å². The van der Waals surface area contributed by atoms with E-state index in [1.165, 1.54) is 17.3 Å². The van der Waals surface area contributed by atoms with Crippen LogP contribution in [0.4, 0.5) is 5.69 Å². The molecule has 8 heteroatoms. The van der Waals surface area contributed by atoms with Crippen LogP contribution >= 0.6 is 11.8 Å². The second kappa shape index (κ2) is 8.79. The topological polar surface area (TPSA) is 81.9 Å². The van der Waals surface area contributed by atoms with E-state index in [0.29, 0.717) is 22.2 Å². The molecule has 0 unspecified atom stereocenters. The van der Waals surface area contributed by atoms with Crippen molar-refractivity contribution < 1.29 is 9.53 Å². The first-order chi connectivity index (χ1) is 14.6. The highest BCUT2D eigenvalue weighted by Crippen LogP contribution is 2.23. The normalized spacial score (nSPS) is 10.6. The predicted molar refractivity (Wildman–Crippen MR) is 117 cm³/mol. The van der Waals surface area contributed by atoms with E-state index in [4.69, 9.17) is 4.74 Å². The number of aromatic nitrogens is 4. The molecular formula is C22H19N5O2S. The molecule has 4 aromatic rings. The van der Waals surface area contributed by atoms with Crippen LogP contribution in [0.15, 0.2) is 78.0 Å². The largest absolute Gasteiger partial charge is 0.457 e. The summed E-state index contributed by atoms with van der Waals surface area (Å²) in [6.07, 6.45) is 1.91. The fourth-order valence-electron chi connectivity index (χ4n) is 2.77. The first kappa shape index (κ1) is 19.7. The van der Waals surface area contributed by atoms with Gasteiger partial charge in [-0.15, -0.1) is 5.10 Å². The second-order valence-corrected chi connectivity index (χ2v) is 7.29. The lowest BCUT2D eigenvalue weighted by molar-refractivity contribution is 0.102. The van der Waals surface area contributed by atoms with E-state index in [2.05, 4.69) is 20.8 Å². The number of thioether (sulfide) groups is 1. The minimum absolute atomic E-state index is 0.197. The molecule has 0 aliphatic carbocycles. The van der Waals surface area contributed by atoms with Crippen LogP contribution in [-0.2, 0) is 0 Å². The smallest absolute Gasteiger partial charge is 0.255 e. The van der Waals surface area contributed by atoms with Gasteiger partial charge in [-0.2, -0.15) is 4.68 Å². The molecule has 4 rings (SSSR count). The molecule has 1 amide bonds. The fourth-order valence-corrected chi connectivity index (χ4v) is 3.21. The molecular weight excluding hydrogens is 398 g/mol. The van der Waals surface area contributed by atoms with Crippen molar-refractivity contribution in [1.29, 1.82) is 0 Å². The minimum atomic E-state index is -0.197. The number of aryl methyl sites for hydroxylation is 1. The molecule has 0 aliphatic heterocycles. The zero-order valence-electron chi connectivity index (χ0n) is 16.4. The highest BCUT2D eigenvalue weighted by atomic mass is 32.2. The van der Waals surface area contributed by atoms with Gasteiger partial charge < -0.3 is 10.1 Å². The molecule has 1 heterocycles. The summed E-state index contributed by atoms with van der Waals surface area (Å²) in [7, 11) is 0. The molecule has 0 spiro atoms. The number of benzene rings is 3. The van der Waals surface area contributed by atoms with E-state index in [0.717, 1.165) is 11.4 Å². The van der Waals surface area contributed by atoms with Gasteiger partial charge in [0.1, 0.15) is 11.5 Å². The second-order valence-electron chi connectivity index (χ2n) is 6.52. The van der Waals surface area contributed by atoms with Crippen molar-refractivity contribution in [2.24, 2.45) is 0 Å². The lowest BCUT2D eigenvalue weighted by atomic mass is 10.2. The van der Waals surface area contributed by atoms with Crippen LogP contribution in [-0.4, -0.2) is 32.4 Å². The number of carbonyl (C=O) groups is 1. The van der Waals surface area contributed by atoms with E-state index in [1.807, 2.05) is 61.7 Å². The first-order valence-corrected chi connectivity index (χ1v) is 10.4. The number of rotatable bonds is 6. The molecule has 0 saturated heterocycles. The summed E-state index contributed by atoms with van der Waals surface area (Å²) >= 11 is 1.46. The van der Waals surface area contributed by atoms with Gasteiger partial charge in [0.05, 0.1) is 5.69 Å². The Bertz CT molecular complexity index is 1140. The highest BCUT2D eigenvalue weighted by molar-refractivity contribution is 7.98. The molecule has 3 aromatic carbocycles. The quantitative estimate of drug-likeness (QED) is 0.457. The van der Waals surface area contributed by atoms with Crippen LogP contribution < -0.4 is 10.1 Å². The monoisotopic (exact) mass is 417 g/mol. The molecule has 0 radical (unpaired) electrons. The Morgan fingerprint density at radius 3 is 2.20 bits per heavy atom. The molecule has 1 aromatic heterocycles. The predicted octanol–water partition coefficient (Wildman–Crippen LogP) is 4.74. The van der Waals surface area contributed by atoms with Crippen LogP contribution in [0.25, 0.3) is 5.69 Å². The Kier molecular flexibility index (Phi) is 5.76. The van der Waals surface area contributed by atoms with Gasteiger partial charge >= 0.3 is 0 Å². The molecule has 0 saturated carbocycles. The zero-order chi connectivity index (χ0) is 20.9. The highest BCUT2D eigenvalue weighted by Gasteiger charge is 2.09. The molecule has 7 nitrogen and oxygen atoms in total. The van der Waals surface area contributed by atoms with E-state index < -0.39 is 0 Å². The van der Waals surface area contributed by atoms with Gasteiger partial charge in [0.25, 0.3) is 5.91 Å². The summed E-state index contributed by atoms with van der Waals surface area (Å²) in [5.74, 6) is 1.23. The van der Waals surface area contributed by atoms with Crippen molar-refractivity contribution in [3.8, 4) is 17.2 Å². The fraction of sp³-hybridized carbons (Fsp3) is 0.0909. The average molecular weight is 417 g/mol. The molecule has 30 heavy (non-hydrogen) atoms. The maximum atomic E-state index is 12.5. The standard InChI is InChI=1S/C22H19N5O2S/c1-15-3-11-19(12-4-15)29-20-13-5-16(6-14-20)21(28)23-17-7-9-18(10-8-17)27-22(30-2)24-25-26-27/h3-14H,1-2H3,(H,23,28). The molecule has 0 aliphatic rings. The van der Waals surface area contributed by atoms with Crippen molar-refractivity contribution in [1.82, 2.24) is 20.2 Å². The van der Waals surface area contributed by atoms with Crippen molar-refractivity contribution in [3.63, 3.8) is 0 Å². The lowest BCUT2D eigenvalue weighted by Crippen LogP contribution is -2.11. The molecule has 0 atom stereocenters. The Morgan fingerprint density at radius 1 is 0.933 bits per heavy atom. The van der Waals surface area contributed by atoms with Crippen LogP contribution in [0.1, 0.15) is 15.9 Å². The van der Waals surface area contributed by atoms with Gasteiger partial charge in [-0.25, -0.2) is 0 Å². The number of carbonyl (C=O) groups excluding carboxylic acids is 1. The van der Waals surface area contributed by atoms with E-state index in [9.17, 15) is 4.79 Å². The summed E-state index contributed by atoms with van der Waals surface area (Å²) in [5.41, 5.74) is 3.22. The summed E-state index contributed by atoms with van der Waals surface area (Å²) in [4.78, 5) is 12.5. The third kappa shape index (κ3) is 4.49. The molecule has 150 valence electrons. The van der Waals surface area contributed by atoms with Crippen molar-refractivity contribution in [2.75, 3.05) is 11.6 Å². The van der Waals surface area contributed by atoms with Crippen LogP contribution in [0, 0.1) is 6.92 Å². The van der Waals surface area contributed by atoms with Gasteiger partial charge in [0.2, 0.25) is 5.16 Å². The number of nitrogens with zero attached hydrogens (tertiary/aromatic N) is 4. The number of hydrogen-bond donors (Lipinski definition) is 1. The number of tetrazole rings is 1. The van der Waals surface area contributed by atoms with Crippen molar-refractivity contribution in [3.05, 3.63) is 83.9 Å². The Morgan fingerprint density at radius 2 is 1.57 bits per heavy atom. The Hall–Kier alpha value is -3.65. The van der Waals surface area contributed by atoms with E-state index >= 15 is 0 Å². The van der Waals surface area contributed by atoms with Gasteiger partial charge in [0.15, 0.2) is 0 Å². The number of ether oxygens (including phenoxy) is 1. The van der Waals surface area contributed by atoms with Gasteiger partial charge in [-0.05, 0) is 84.3 Å². The maximum Gasteiger partial charge on any atom is 0.255 e. The Labute approximate surface area is 178 Å². The summed E-state index contributed by atoms with van der Waals surface area (Å²) < 4.78 is 7.44. The molecule has 0 bridgehead atoms. The average Bonchev–Trinajstić information content (AvgIpc) is 3.25. The third-order valence-corrected chi connectivity index (χ3v) is 4.99. The third-order valence-electron chi connectivity index (χ3n) is 4.37. The number of hydrogen-bond acceptors (Lipinski definition) is 6. The lowest BCUT2D eigenvalue weighted by Gasteiger charge is -2.09. The summed E-state index contributed by atoms with van der Waals surface area (Å²) in [5, 5.41) is 15.2. The first-order valence-electron chi connectivity index (χ1n) is 9.21. The van der Waals surface area contributed by atoms with Crippen LogP contribution in [0.5, 0.6) is 11.5 Å². The van der Waals surface area contributed by atoms with Gasteiger partial charge in [0, 0.05) is 11.3 Å². The number of amides is 1. The van der Waals surface area contributed by atoms with Crippen LogP contribution in [0.2, 0.25) is 0 Å². The summed E-state index contributed by atoms with van der Waals surface area (Å²) in [6.45, 7) is 2.03. The van der Waals surface area contributed by atoms with Gasteiger partial charge in [-0.3, -0.25) is 4.79 Å². The molecule has 0 fully saturated rings. The Balaban J connectivity index is 1.40. The number of nitrogens with one attached hydrogen (secondary N) is 1. The minimum Gasteiger partial charge on any atom is -0.457 e. The number of anilines is 1. The SMILES string of the molecule is CSc1nnnn1-c1ccc(NC(=O)c2ccc(Oc3ccc(C)cc3)cc2)cc1. The maximum absolute atomic E-state index is 12.5. The van der Waals surface area contributed by atoms with Crippen molar-refractivity contribution in [2.45, 2.75) is 12.1 Å². The molecule has 1 N–H and O–H groups in total.